The number of halogens is 1. The highest BCUT2D eigenvalue weighted by Crippen LogP contribution is 2.22. The van der Waals surface area contributed by atoms with Crippen molar-refractivity contribution in [3.05, 3.63) is 69.9 Å². The monoisotopic (exact) mass is 367 g/mol. The van der Waals surface area contributed by atoms with E-state index >= 15 is 0 Å². The molecule has 2 aromatic heterocycles. The lowest BCUT2D eigenvalue weighted by Crippen LogP contribution is -2.35. The van der Waals surface area contributed by atoms with Crippen molar-refractivity contribution in [2.75, 3.05) is 13.7 Å². The Morgan fingerprint density at radius 3 is 2.85 bits per heavy atom. The maximum absolute atomic E-state index is 13.9. The highest BCUT2D eigenvalue weighted by atomic mass is 19.1. The molecule has 4 rings (SSSR count). The van der Waals surface area contributed by atoms with Gasteiger partial charge in [0.05, 0.1) is 23.9 Å². The van der Waals surface area contributed by atoms with E-state index in [2.05, 4.69) is 24.8 Å². The molecular weight excluding hydrogens is 349 g/mol. The summed E-state index contributed by atoms with van der Waals surface area (Å²) in [4.78, 5) is 30.0. The van der Waals surface area contributed by atoms with Crippen LogP contribution in [0.1, 0.15) is 16.8 Å². The second kappa shape index (κ2) is 7.24. The van der Waals surface area contributed by atoms with Crippen LogP contribution in [-0.2, 0) is 19.5 Å². The lowest BCUT2D eigenvalue weighted by atomic mass is 10.1. The van der Waals surface area contributed by atoms with Crippen LogP contribution < -0.4 is 10.3 Å². The lowest BCUT2D eigenvalue weighted by molar-refractivity contribution is 0.241. The van der Waals surface area contributed by atoms with Crippen molar-refractivity contribution < 1.29 is 9.13 Å². The van der Waals surface area contributed by atoms with Crippen molar-refractivity contribution in [1.82, 2.24) is 24.8 Å². The Bertz CT molecular complexity index is 1020. The van der Waals surface area contributed by atoms with Gasteiger partial charge in [0.2, 0.25) is 0 Å². The Kier molecular flexibility index (Phi) is 4.64. The Hall–Kier alpha value is -3.13. The van der Waals surface area contributed by atoms with Gasteiger partial charge in [-0.15, -0.1) is 0 Å². The molecule has 0 atom stereocenters. The van der Waals surface area contributed by atoms with Gasteiger partial charge in [-0.1, -0.05) is 6.07 Å². The van der Waals surface area contributed by atoms with Crippen molar-refractivity contribution in [3.8, 4) is 17.1 Å². The molecule has 1 aliphatic rings. The first-order valence-electron chi connectivity index (χ1n) is 8.56. The van der Waals surface area contributed by atoms with Crippen molar-refractivity contribution >= 4 is 0 Å². The fourth-order valence-corrected chi connectivity index (χ4v) is 3.24. The molecule has 1 aliphatic heterocycles. The number of hydrogen-bond donors (Lipinski definition) is 1. The number of rotatable bonds is 4. The first-order chi connectivity index (χ1) is 13.1. The number of H-pyrrole nitrogens is 1. The fourth-order valence-electron chi connectivity index (χ4n) is 3.24. The third-order valence-electron chi connectivity index (χ3n) is 4.60. The second-order valence-corrected chi connectivity index (χ2v) is 6.40. The summed E-state index contributed by atoms with van der Waals surface area (Å²) in [6.45, 7) is 1.76. The van der Waals surface area contributed by atoms with Gasteiger partial charge in [0, 0.05) is 38.4 Å². The smallest absolute Gasteiger partial charge is 0.255 e. The number of methoxy groups -OCH3 is 1. The van der Waals surface area contributed by atoms with Crippen LogP contribution in [-0.4, -0.2) is 38.5 Å². The largest absolute Gasteiger partial charge is 0.494 e. The van der Waals surface area contributed by atoms with Crippen molar-refractivity contribution in [1.29, 1.82) is 0 Å². The number of ether oxygens (including phenoxy) is 1. The number of benzene rings is 1. The van der Waals surface area contributed by atoms with Gasteiger partial charge in [-0.2, -0.15) is 0 Å². The van der Waals surface area contributed by atoms with Crippen molar-refractivity contribution in [3.63, 3.8) is 0 Å². The van der Waals surface area contributed by atoms with E-state index in [9.17, 15) is 9.18 Å². The van der Waals surface area contributed by atoms with Gasteiger partial charge < -0.3 is 9.72 Å². The number of aromatic amines is 1. The van der Waals surface area contributed by atoms with Gasteiger partial charge in [-0.05, 0) is 17.7 Å². The minimum Gasteiger partial charge on any atom is -0.494 e. The normalized spacial score (nSPS) is 14.0. The van der Waals surface area contributed by atoms with Gasteiger partial charge in [-0.25, -0.2) is 19.3 Å². The van der Waals surface area contributed by atoms with Crippen LogP contribution in [0.2, 0.25) is 0 Å². The number of hydrogen-bond acceptors (Lipinski definition) is 6. The van der Waals surface area contributed by atoms with Gasteiger partial charge in [0.1, 0.15) is 12.2 Å². The minimum atomic E-state index is -0.387. The molecule has 27 heavy (non-hydrogen) atoms. The lowest BCUT2D eigenvalue weighted by Gasteiger charge is -2.27. The molecule has 3 aromatic rings. The molecule has 0 radical (unpaired) electrons. The van der Waals surface area contributed by atoms with Gasteiger partial charge in [0.25, 0.3) is 5.56 Å². The molecule has 0 spiro atoms. The Morgan fingerprint density at radius 1 is 1.30 bits per heavy atom. The summed E-state index contributed by atoms with van der Waals surface area (Å²) in [5.41, 5.74) is 2.78. The zero-order valence-corrected chi connectivity index (χ0v) is 14.8. The van der Waals surface area contributed by atoms with Gasteiger partial charge in [0.15, 0.2) is 11.6 Å². The zero-order chi connectivity index (χ0) is 18.8. The Balaban J connectivity index is 1.55. The van der Waals surface area contributed by atoms with E-state index < -0.39 is 0 Å². The van der Waals surface area contributed by atoms with Crippen LogP contribution in [0.3, 0.4) is 0 Å². The zero-order valence-electron chi connectivity index (χ0n) is 14.8. The van der Waals surface area contributed by atoms with Crippen LogP contribution in [0.5, 0.6) is 5.75 Å². The predicted octanol–water partition coefficient (Wildman–Crippen LogP) is 1.93. The molecular formula is C19H18FN5O2. The van der Waals surface area contributed by atoms with Crippen LogP contribution in [0.4, 0.5) is 4.39 Å². The molecule has 1 N–H and O–H groups in total. The Morgan fingerprint density at radius 2 is 2.11 bits per heavy atom. The molecule has 0 saturated carbocycles. The molecule has 3 heterocycles. The molecule has 0 aliphatic carbocycles. The standard InChI is InChI=1S/C19H18FN5O2/c1-27-17-3-2-12(6-15(17)20)9-25-5-4-16-14(10-25)19(26)24-18(23-16)13-7-21-11-22-8-13/h2-3,6-8,11H,4-5,9-10H2,1H3,(H,23,24,26). The van der Waals surface area contributed by atoms with Crippen LogP contribution in [0.25, 0.3) is 11.4 Å². The summed E-state index contributed by atoms with van der Waals surface area (Å²) < 4.78 is 18.8. The predicted molar refractivity (Wildman–Crippen MR) is 96.7 cm³/mol. The summed E-state index contributed by atoms with van der Waals surface area (Å²) in [7, 11) is 1.44. The van der Waals surface area contributed by atoms with E-state index in [-0.39, 0.29) is 17.1 Å². The van der Waals surface area contributed by atoms with E-state index in [1.54, 1.807) is 18.5 Å². The SMILES string of the molecule is COc1ccc(CN2CCc3nc(-c4cncnc4)[nH]c(=O)c3C2)cc1F. The molecule has 0 amide bonds. The van der Waals surface area contributed by atoms with Gasteiger partial charge >= 0.3 is 0 Å². The van der Waals surface area contributed by atoms with E-state index in [1.807, 2.05) is 6.07 Å². The second-order valence-electron chi connectivity index (χ2n) is 6.40. The Labute approximate surface area is 154 Å². The summed E-state index contributed by atoms with van der Waals surface area (Å²) in [6, 6.07) is 4.92. The third kappa shape index (κ3) is 3.56. The molecule has 138 valence electrons. The highest BCUT2D eigenvalue weighted by molar-refractivity contribution is 5.52. The summed E-state index contributed by atoms with van der Waals surface area (Å²) in [6.07, 6.45) is 5.31. The van der Waals surface area contributed by atoms with Crippen molar-refractivity contribution in [2.24, 2.45) is 0 Å². The summed E-state index contributed by atoms with van der Waals surface area (Å²) in [5, 5.41) is 0. The first kappa shape index (κ1) is 17.3. The summed E-state index contributed by atoms with van der Waals surface area (Å²) >= 11 is 0. The van der Waals surface area contributed by atoms with Crippen LogP contribution >= 0.6 is 0 Å². The van der Waals surface area contributed by atoms with Crippen LogP contribution in [0.15, 0.2) is 41.7 Å². The van der Waals surface area contributed by atoms with E-state index in [4.69, 9.17) is 4.74 Å². The number of nitrogens with zero attached hydrogens (tertiary/aromatic N) is 4. The summed E-state index contributed by atoms with van der Waals surface area (Å²) in [5.74, 6) is 0.312. The molecule has 7 nitrogen and oxygen atoms in total. The molecule has 0 saturated heterocycles. The molecule has 0 bridgehead atoms. The fraction of sp³-hybridized carbons (Fsp3) is 0.263. The molecule has 8 heteroatoms. The average Bonchev–Trinajstić information content (AvgIpc) is 2.69. The average molecular weight is 367 g/mol. The minimum absolute atomic E-state index is 0.163. The number of fused-ring (bicyclic) bond motifs is 1. The van der Waals surface area contributed by atoms with E-state index in [1.165, 1.54) is 19.5 Å². The molecule has 1 aromatic carbocycles. The quantitative estimate of drug-likeness (QED) is 0.759. The topological polar surface area (TPSA) is 84.0 Å². The number of aromatic nitrogens is 4. The van der Waals surface area contributed by atoms with Crippen LogP contribution in [0, 0.1) is 5.82 Å². The maximum atomic E-state index is 13.9. The van der Waals surface area contributed by atoms with E-state index in [0.717, 1.165) is 17.8 Å². The van der Waals surface area contributed by atoms with Crippen molar-refractivity contribution in [2.45, 2.75) is 19.5 Å². The van der Waals surface area contributed by atoms with E-state index in [0.29, 0.717) is 36.5 Å². The maximum Gasteiger partial charge on any atom is 0.255 e. The third-order valence-corrected chi connectivity index (χ3v) is 4.60. The first-order valence-corrected chi connectivity index (χ1v) is 8.56. The van der Waals surface area contributed by atoms with Gasteiger partial charge in [-0.3, -0.25) is 9.69 Å². The molecule has 0 fully saturated rings. The number of nitrogens with one attached hydrogen (secondary N) is 1. The highest BCUT2D eigenvalue weighted by Gasteiger charge is 2.22. The molecule has 0 unspecified atom stereocenters.